The minimum atomic E-state index is -3.68. The van der Waals surface area contributed by atoms with Crippen LogP contribution in [-0.4, -0.2) is 15.5 Å². The third kappa shape index (κ3) is 3.23. The van der Waals surface area contributed by atoms with Gasteiger partial charge in [-0.3, -0.25) is 0 Å². The average Bonchev–Trinajstić information content (AvgIpc) is 2.92. The monoisotopic (exact) mass is 359 g/mol. The Morgan fingerprint density at radius 2 is 2.15 bits per heavy atom. The number of benzene rings is 1. The van der Waals surface area contributed by atoms with Gasteiger partial charge in [-0.05, 0) is 36.8 Å². The van der Waals surface area contributed by atoms with Gasteiger partial charge in [0.2, 0.25) is 10.0 Å². The summed E-state index contributed by atoms with van der Waals surface area (Å²) in [5.41, 5.74) is 0.895. The van der Waals surface area contributed by atoms with Crippen molar-refractivity contribution in [2.75, 3.05) is 7.11 Å². The predicted octanol–water partition coefficient (Wildman–Crippen LogP) is 2.84. The molecule has 5 nitrogen and oxygen atoms in total. The lowest BCUT2D eigenvalue weighted by Gasteiger charge is -2.12. The van der Waals surface area contributed by atoms with Crippen LogP contribution >= 0.6 is 15.9 Å². The van der Waals surface area contributed by atoms with Crippen molar-refractivity contribution in [1.82, 2.24) is 4.72 Å². The molecule has 0 aliphatic heterocycles. The number of aryl methyl sites for hydroxylation is 1. The molecule has 0 spiro atoms. The van der Waals surface area contributed by atoms with Crippen molar-refractivity contribution < 1.29 is 17.6 Å². The Labute approximate surface area is 126 Å². The van der Waals surface area contributed by atoms with Gasteiger partial charge in [0.05, 0.1) is 19.9 Å². The van der Waals surface area contributed by atoms with Gasteiger partial charge in [0.15, 0.2) is 0 Å². The summed E-state index contributed by atoms with van der Waals surface area (Å²) in [5, 5.41) is 0. The zero-order valence-corrected chi connectivity index (χ0v) is 13.4. The van der Waals surface area contributed by atoms with Crippen molar-refractivity contribution in [3.05, 3.63) is 46.3 Å². The Morgan fingerprint density at radius 1 is 1.40 bits per heavy atom. The van der Waals surface area contributed by atoms with Gasteiger partial charge in [-0.15, -0.1) is 0 Å². The van der Waals surface area contributed by atoms with Crippen molar-refractivity contribution in [3.63, 3.8) is 0 Å². The van der Waals surface area contributed by atoms with Crippen LogP contribution in [0.25, 0.3) is 0 Å². The molecule has 1 aromatic carbocycles. The minimum Gasteiger partial charge on any atom is -0.495 e. The first kappa shape index (κ1) is 15.1. The molecular formula is C13H14BrNO4S. The molecule has 1 N–H and O–H groups in total. The Kier molecular flexibility index (Phi) is 4.52. The van der Waals surface area contributed by atoms with Crippen LogP contribution in [0, 0.1) is 6.92 Å². The molecular weight excluding hydrogens is 346 g/mol. The zero-order chi connectivity index (χ0) is 14.8. The van der Waals surface area contributed by atoms with Gasteiger partial charge in [-0.2, -0.15) is 0 Å². The Morgan fingerprint density at radius 3 is 2.75 bits per heavy atom. The van der Waals surface area contributed by atoms with Crippen LogP contribution in [-0.2, 0) is 16.6 Å². The minimum absolute atomic E-state index is 0.0871. The molecule has 1 heterocycles. The van der Waals surface area contributed by atoms with Gasteiger partial charge >= 0.3 is 0 Å². The second-order valence-corrected chi connectivity index (χ2v) is 6.75. The first-order chi connectivity index (χ1) is 9.44. The van der Waals surface area contributed by atoms with Gasteiger partial charge in [-0.1, -0.05) is 15.9 Å². The SMILES string of the molecule is COc1cc(C)c(Br)cc1S(=O)(=O)NCc1ccco1. The van der Waals surface area contributed by atoms with Crippen LogP contribution in [0.1, 0.15) is 11.3 Å². The molecule has 0 saturated carbocycles. The number of nitrogens with one attached hydrogen (secondary N) is 1. The quantitative estimate of drug-likeness (QED) is 0.890. The summed E-state index contributed by atoms with van der Waals surface area (Å²) >= 11 is 3.33. The van der Waals surface area contributed by atoms with Gasteiger partial charge in [0.25, 0.3) is 0 Å². The number of methoxy groups -OCH3 is 1. The lowest BCUT2D eigenvalue weighted by atomic mass is 10.2. The van der Waals surface area contributed by atoms with Crippen LogP contribution in [0.5, 0.6) is 5.75 Å². The van der Waals surface area contributed by atoms with Crippen molar-refractivity contribution >= 4 is 26.0 Å². The lowest BCUT2D eigenvalue weighted by molar-refractivity contribution is 0.401. The smallest absolute Gasteiger partial charge is 0.244 e. The molecule has 0 bridgehead atoms. The Hall–Kier alpha value is -1.31. The van der Waals surface area contributed by atoms with Crippen molar-refractivity contribution in [3.8, 4) is 5.75 Å². The summed E-state index contributed by atoms with van der Waals surface area (Å²) in [4.78, 5) is 0.0871. The largest absolute Gasteiger partial charge is 0.495 e. The van der Waals surface area contributed by atoms with Crippen LogP contribution in [0.15, 0.2) is 44.3 Å². The fourth-order valence-corrected chi connectivity index (χ4v) is 3.33. The van der Waals surface area contributed by atoms with Crippen molar-refractivity contribution in [2.24, 2.45) is 0 Å². The molecule has 2 aromatic rings. The van der Waals surface area contributed by atoms with E-state index in [1.807, 2.05) is 6.92 Å². The van der Waals surface area contributed by atoms with E-state index in [4.69, 9.17) is 9.15 Å². The van der Waals surface area contributed by atoms with E-state index in [0.717, 1.165) is 5.56 Å². The summed E-state index contributed by atoms with van der Waals surface area (Å²) in [6.07, 6.45) is 1.49. The molecule has 7 heteroatoms. The maximum atomic E-state index is 12.3. The van der Waals surface area contributed by atoms with E-state index in [2.05, 4.69) is 20.7 Å². The highest BCUT2D eigenvalue weighted by Gasteiger charge is 2.21. The molecule has 0 unspecified atom stereocenters. The van der Waals surface area contributed by atoms with Crippen LogP contribution < -0.4 is 9.46 Å². The maximum absolute atomic E-state index is 12.3. The summed E-state index contributed by atoms with van der Waals surface area (Å²) in [6, 6.07) is 6.60. The van der Waals surface area contributed by atoms with E-state index < -0.39 is 10.0 Å². The molecule has 0 atom stereocenters. The number of sulfonamides is 1. The van der Waals surface area contributed by atoms with Crippen molar-refractivity contribution in [2.45, 2.75) is 18.4 Å². The van der Waals surface area contributed by atoms with Crippen LogP contribution in [0.3, 0.4) is 0 Å². The third-order valence-electron chi connectivity index (χ3n) is 2.75. The second-order valence-electron chi connectivity index (χ2n) is 4.16. The van der Waals surface area contributed by atoms with Gasteiger partial charge in [-0.25, -0.2) is 13.1 Å². The number of furan rings is 1. The number of halogens is 1. The number of hydrogen-bond acceptors (Lipinski definition) is 4. The fourth-order valence-electron chi connectivity index (χ4n) is 1.66. The summed E-state index contributed by atoms with van der Waals surface area (Å²) in [5.74, 6) is 0.844. The summed E-state index contributed by atoms with van der Waals surface area (Å²) in [7, 11) is -2.24. The van der Waals surface area contributed by atoms with Crippen molar-refractivity contribution in [1.29, 1.82) is 0 Å². The normalized spacial score (nSPS) is 11.6. The maximum Gasteiger partial charge on any atom is 0.244 e. The molecule has 2 rings (SSSR count). The molecule has 0 radical (unpaired) electrons. The van der Waals surface area contributed by atoms with E-state index in [-0.39, 0.29) is 11.4 Å². The van der Waals surface area contributed by atoms with E-state index >= 15 is 0 Å². The van der Waals surface area contributed by atoms with E-state index in [0.29, 0.717) is 16.0 Å². The fraction of sp³-hybridized carbons (Fsp3) is 0.231. The average molecular weight is 360 g/mol. The first-order valence-corrected chi connectivity index (χ1v) is 8.08. The highest BCUT2D eigenvalue weighted by atomic mass is 79.9. The molecule has 20 heavy (non-hydrogen) atoms. The van der Waals surface area contributed by atoms with Gasteiger partial charge in [0.1, 0.15) is 16.4 Å². The molecule has 0 fully saturated rings. The first-order valence-electron chi connectivity index (χ1n) is 5.80. The molecule has 0 amide bonds. The van der Waals surface area contributed by atoms with Gasteiger partial charge in [0, 0.05) is 4.47 Å². The highest BCUT2D eigenvalue weighted by molar-refractivity contribution is 9.10. The summed E-state index contributed by atoms with van der Waals surface area (Å²) < 4.78 is 38.1. The van der Waals surface area contributed by atoms with Crippen LogP contribution in [0.4, 0.5) is 0 Å². The standard InChI is InChI=1S/C13H14BrNO4S/c1-9-6-12(18-2)13(7-11(9)14)20(16,17)15-8-10-4-3-5-19-10/h3-7,15H,8H2,1-2H3. The zero-order valence-electron chi connectivity index (χ0n) is 11.0. The highest BCUT2D eigenvalue weighted by Crippen LogP contribution is 2.30. The molecule has 0 saturated heterocycles. The van der Waals surface area contributed by atoms with E-state index in [9.17, 15) is 8.42 Å². The second kappa shape index (κ2) is 5.99. The predicted molar refractivity (Wildman–Crippen MR) is 78.2 cm³/mol. The molecule has 0 aliphatic rings. The lowest BCUT2D eigenvalue weighted by Crippen LogP contribution is -2.23. The third-order valence-corrected chi connectivity index (χ3v) is 5.03. The molecule has 108 valence electrons. The molecule has 0 aliphatic carbocycles. The number of hydrogen-bond donors (Lipinski definition) is 1. The Bertz CT molecular complexity index is 695. The van der Waals surface area contributed by atoms with Crippen LogP contribution in [0.2, 0.25) is 0 Å². The number of ether oxygens (including phenoxy) is 1. The molecule has 1 aromatic heterocycles. The van der Waals surface area contributed by atoms with Gasteiger partial charge < -0.3 is 9.15 Å². The van der Waals surface area contributed by atoms with E-state index in [1.54, 1.807) is 18.2 Å². The number of rotatable bonds is 5. The van der Waals surface area contributed by atoms with E-state index in [1.165, 1.54) is 19.4 Å². The Balaban J connectivity index is 2.31. The summed E-state index contributed by atoms with van der Waals surface area (Å²) in [6.45, 7) is 1.95. The topological polar surface area (TPSA) is 68.5 Å².